The van der Waals surface area contributed by atoms with Gasteiger partial charge < -0.3 is 10.3 Å². The molecule has 0 aliphatic heterocycles. The van der Waals surface area contributed by atoms with Gasteiger partial charge >= 0.3 is 0 Å². The molecular formula is C16H22N2O. The van der Waals surface area contributed by atoms with Crippen molar-refractivity contribution in [3.05, 3.63) is 45.7 Å². The van der Waals surface area contributed by atoms with Crippen molar-refractivity contribution in [2.24, 2.45) is 5.92 Å². The number of benzene rings is 1. The van der Waals surface area contributed by atoms with Gasteiger partial charge in [-0.2, -0.15) is 0 Å². The van der Waals surface area contributed by atoms with Gasteiger partial charge in [-0.05, 0) is 55.0 Å². The number of aryl methyl sites for hydroxylation is 1. The second-order valence-corrected chi connectivity index (χ2v) is 5.54. The molecule has 2 rings (SSSR count). The minimum Gasteiger partial charge on any atom is -0.322 e. The van der Waals surface area contributed by atoms with E-state index in [2.05, 4.69) is 36.3 Å². The largest absolute Gasteiger partial charge is 0.322 e. The molecule has 2 aromatic rings. The number of aromatic amines is 1. The molecule has 0 aliphatic carbocycles. The minimum absolute atomic E-state index is 0.00381. The number of hydrogen-bond acceptors (Lipinski definition) is 2. The highest BCUT2D eigenvalue weighted by Gasteiger charge is 2.15. The fourth-order valence-electron chi connectivity index (χ4n) is 2.52. The quantitative estimate of drug-likeness (QED) is 0.885. The summed E-state index contributed by atoms with van der Waals surface area (Å²) in [6.07, 6.45) is 0. The molecular weight excluding hydrogens is 236 g/mol. The highest BCUT2D eigenvalue weighted by molar-refractivity contribution is 5.79. The van der Waals surface area contributed by atoms with Gasteiger partial charge in [0.15, 0.2) is 0 Å². The number of rotatable bonds is 4. The van der Waals surface area contributed by atoms with Crippen LogP contribution in [0.3, 0.4) is 0 Å². The van der Waals surface area contributed by atoms with Crippen LogP contribution in [0.2, 0.25) is 0 Å². The highest BCUT2D eigenvalue weighted by Crippen LogP contribution is 2.26. The normalized spacial score (nSPS) is 13.1. The van der Waals surface area contributed by atoms with E-state index in [1.165, 1.54) is 5.56 Å². The van der Waals surface area contributed by atoms with Crippen LogP contribution in [-0.4, -0.2) is 18.6 Å². The molecule has 0 aliphatic rings. The first-order valence-electron chi connectivity index (χ1n) is 6.81. The molecule has 0 radical (unpaired) electrons. The molecule has 0 saturated carbocycles. The molecule has 19 heavy (non-hydrogen) atoms. The molecule has 1 aromatic heterocycles. The van der Waals surface area contributed by atoms with Gasteiger partial charge in [-0.3, -0.25) is 4.79 Å². The zero-order valence-electron chi connectivity index (χ0n) is 12.1. The first-order valence-corrected chi connectivity index (χ1v) is 6.81. The summed E-state index contributed by atoms with van der Waals surface area (Å²) in [6, 6.07) is 8.29. The predicted molar refractivity (Wildman–Crippen MR) is 80.8 cm³/mol. The molecule has 0 spiro atoms. The zero-order chi connectivity index (χ0) is 14.0. The van der Waals surface area contributed by atoms with Crippen LogP contribution in [0.25, 0.3) is 10.9 Å². The van der Waals surface area contributed by atoms with Crippen LogP contribution in [0.1, 0.15) is 30.9 Å². The molecule has 1 atom stereocenters. The van der Waals surface area contributed by atoms with E-state index in [9.17, 15) is 4.79 Å². The summed E-state index contributed by atoms with van der Waals surface area (Å²) < 4.78 is 0. The van der Waals surface area contributed by atoms with Gasteiger partial charge in [0.2, 0.25) is 0 Å². The van der Waals surface area contributed by atoms with E-state index >= 15 is 0 Å². The molecule has 1 unspecified atom stereocenters. The maximum atomic E-state index is 11.6. The van der Waals surface area contributed by atoms with Gasteiger partial charge in [0.1, 0.15) is 0 Å². The molecule has 102 valence electrons. The third-order valence-electron chi connectivity index (χ3n) is 3.71. The average Bonchev–Trinajstić information content (AvgIpc) is 2.36. The third-order valence-corrected chi connectivity index (χ3v) is 3.71. The predicted octanol–water partition coefficient (Wildman–Crippen LogP) is 2.80. The molecule has 1 heterocycles. The van der Waals surface area contributed by atoms with E-state index in [-0.39, 0.29) is 5.56 Å². The monoisotopic (exact) mass is 258 g/mol. The topological polar surface area (TPSA) is 44.9 Å². The lowest BCUT2D eigenvalue weighted by Gasteiger charge is -2.21. The van der Waals surface area contributed by atoms with Crippen LogP contribution >= 0.6 is 0 Å². The van der Waals surface area contributed by atoms with Gasteiger partial charge in [-0.15, -0.1) is 0 Å². The number of fused-ring (bicyclic) bond motifs is 1. The Balaban J connectivity index is 2.50. The number of likely N-dealkylation sites (N-methyl/N-ethyl adjacent to an activating group) is 1. The van der Waals surface area contributed by atoms with Crippen molar-refractivity contribution in [3.63, 3.8) is 0 Å². The van der Waals surface area contributed by atoms with Gasteiger partial charge in [0.05, 0.1) is 0 Å². The van der Waals surface area contributed by atoms with E-state index in [1.807, 2.05) is 26.1 Å². The standard InChI is InChI=1S/C16H22N2O/c1-10(2)14(9-17-4)12-5-6-15-13(8-12)7-11(3)16(19)18-15/h5-8,10,14,17H,9H2,1-4H3,(H,18,19). The fourth-order valence-corrected chi connectivity index (χ4v) is 2.52. The molecule has 3 heteroatoms. The summed E-state index contributed by atoms with van der Waals surface area (Å²) in [6.45, 7) is 7.29. The second-order valence-electron chi connectivity index (χ2n) is 5.54. The number of H-pyrrole nitrogens is 1. The van der Waals surface area contributed by atoms with E-state index in [4.69, 9.17) is 0 Å². The SMILES string of the molecule is CNCC(c1ccc2[nH]c(=O)c(C)cc2c1)C(C)C. The molecule has 0 bridgehead atoms. The Morgan fingerprint density at radius 1 is 1.26 bits per heavy atom. The Hall–Kier alpha value is -1.61. The summed E-state index contributed by atoms with van der Waals surface area (Å²) in [7, 11) is 1.98. The van der Waals surface area contributed by atoms with Crippen molar-refractivity contribution in [2.75, 3.05) is 13.6 Å². The van der Waals surface area contributed by atoms with Crippen molar-refractivity contribution in [1.82, 2.24) is 10.3 Å². The Labute approximate surface area is 114 Å². The second kappa shape index (κ2) is 5.57. The molecule has 0 fully saturated rings. The number of aromatic nitrogens is 1. The number of nitrogens with one attached hydrogen (secondary N) is 2. The lowest BCUT2D eigenvalue weighted by atomic mass is 9.87. The van der Waals surface area contributed by atoms with E-state index in [1.54, 1.807) is 0 Å². The van der Waals surface area contributed by atoms with Crippen molar-refractivity contribution < 1.29 is 0 Å². The average molecular weight is 258 g/mol. The third kappa shape index (κ3) is 2.87. The van der Waals surface area contributed by atoms with E-state index in [0.717, 1.165) is 23.0 Å². The summed E-state index contributed by atoms with van der Waals surface area (Å²) in [5, 5.41) is 4.37. The zero-order valence-corrected chi connectivity index (χ0v) is 12.1. The summed E-state index contributed by atoms with van der Waals surface area (Å²) in [5.74, 6) is 1.07. The van der Waals surface area contributed by atoms with Crippen LogP contribution in [0, 0.1) is 12.8 Å². The van der Waals surface area contributed by atoms with Crippen LogP contribution in [0.5, 0.6) is 0 Å². The highest BCUT2D eigenvalue weighted by atomic mass is 16.1. The smallest absolute Gasteiger partial charge is 0.251 e. The summed E-state index contributed by atoms with van der Waals surface area (Å²) in [5.41, 5.74) is 2.99. The molecule has 0 amide bonds. The van der Waals surface area contributed by atoms with Gasteiger partial charge in [-0.25, -0.2) is 0 Å². The Morgan fingerprint density at radius 3 is 2.63 bits per heavy atom. The summed E-state index contributed by atoms with van der Waals surface area (Å²) >= 11 is 0. The number of pyridine rings is 1. The maximum absolute atomic E-state index is 11.6. The molecule has 0 saturated heterocycles. The Kier molecular flexibility index (Phi) is 4.05. The number of hydrogen-bond donors (Lipinski definition) is 2. The van der Waals surface area contributed by atoms with Crippen molar-refractivity contribution in [2.45, 2.75) is 26.7 Å². The lowest BCUT2D eigenvalue weighted by Crippen LogP contribution is -2.21. The van der Waals surface area contributed by atoms with Gasteiger partial charge in [0, 0.05) is 17.6 Å². The van der Waals surface area contributed by atoms with Crippen LogP contribution in [-0.2, 0) is 0 Å². The van der Waals surface area contributed by atoms with Crippen LogP contribution in [0.4, 0.5) is 0 Å². The summed E-state index contributed by atoms with van der Waals surface area (Å²) in [4.78, 5) is 14.5. The Morgan fingerprint density at radius 2 is 2.00 bits per heavy atom. The molecule has 1 aromatic carbocycles. The van der Waals surface area contributed by atoms with E-state index < -0.39 is 0 Å². The van der Waals surface area contributed by atoms with Crippen molar-refractivity contribution in [3.8, 4) is 0 Å². The van der Waals surface area contributed by atoms with Crippen molar-refractivity contribution in [1.29, 1.82) is 0 Å². The maximum Gasteiger partial charge on any atom is 0.251 e. The molecule has 3 nitrogen and oxygen atoms in total. The molecule has 2 N–H and O–H groups in total. The van der Waals surface area contributed by atoms with E-state index in [0.29, 0.717) is 11.8 Å². The van der Waals surface area contributed by atoms with Gasteiger partial charge in [0.25, 0.3) is 5.56 Å². The first-order chi connectivity index (χ1) is 9.02. The van der Waals surface area contributed by atoms with Crippen molar-refractivity contribution >= 4 is 10.9 Å². The van der Waals surface area contributed by atoms with Crippen LogP contribution in [0.15, 0.2) is 29.1 Å². The lowest BCUT2D eigenvalue weighted by molar-refractivity contribution is 0.479. The minimum atomic E-state index is -0.00381. The van der Waals surface area contributed by atoms with Crippen LogP contribution < -0.4 is 10.9 Å². The van der Waals surface area contributed by atoms with Gasteiger partial charge in [-0.1, -0.05) is 19.9 Å². The Bertz CT molecular complexity index is 628. The first kappa shape index (κ1) is 13.8. The fraction of sp³-hybridized carbons (Fsp3) is 0.438.